The lowest BCUT2D eigenvalue weighted by Crippen LogP contribution is -2.37. The molecule has 1 amide bonds. The summed E-state index contributed by atoms with van der Waals surface area (Å²) >= 11 is 0. The van der Waals surface area contributed by atoms with Crippen LogP contribution in [0.2, 0.25) is 0 Å². The molecule has 0 fully saturated rings. The molecule has 3 rings (SSSR count). The predicted molar refractivity (Wildman–Crippen MR) is 113 cm³/mol. The number of rotatable bonds is 6. The Morgan fingerprint density at radius 1 is 1.12 bits per heavy atom. The van der Waals surface area contributed by atoms with Gasteiger partial charge in [0.1, 0.15) is 17.0 Å². The van der Waals surface area contributed by atoms with Crippen molar-refractivity contribution in [2.24, 2.45) is 11.7 Å². The van der Waals surface area contributed by atoms with Crippen molar-refractivity contribution in [2.45, 2.75) is 46.0 Å². The van der Waals surface area contributed by atoms with Crippen LogP contribution in [0.3, 0.4) is 0 Å². The van der Waals surface area contributed by atoms with Gasteiger partial charge in [0.05, 0.1) is 13.2 Å². The fourth-order valence-electron chi connectivity index (χ4n) is 3.06. The molecule has 0 bridgehead atoms. The first kappa shape index (κ1) is 23.5. The maximum Gasteiger partial charge on any atom is 0.433 e. The molecule has 3 N–H and O–H groups in total. The number of carbonyl (C=O) groups excluding carboxylic acids is 1. The zero-order valence-electron chi connectivity index (χ0n) is 18.4. The second-order valence-corrected chi connectivity index (χ2v) is 7.93. The Bertz CT molecular complexity index is 1140. The number of pyridine rings is 1. The van der Waals surface area contributed by atoms with Crippen LogP contribution in [0.15, 0.2) is 28.7 Å². The summed E-state index contributed by atoms with van der Waals surface area (Å²) < 4.78 is 50.5. The molecule has 32 heavy (non-hydrogen) atoms. The molecule has 2 heterocycles. The minimum absolute atomic E-state index is 0.000182. The van der Waals surface area contributed by atoms with E-state index < -0.39 is 23.8 Å². The molecule has 2 atom stereocenters. The standard InChI is InChI=1S/C22H25F3N4O3/c1-10(2)12(4)27-20(30)18-19(11(3)26)32-21(29-18)14-6-8-15(31-5)17-13(14)7-9-16(28-17)22(23,24)25/h6-12H,26H2,1-5H3,(H,27,30)/t11-,12-/m0/s1. The first-order valence-electron chi connectivity index (χ1n) is 10.1. The van der Waals surface area contributed by atoms with Crippen LogP contribution in [0.4, 0.5) is 13.2 Å². The zero-order chi connectivity index (χ0) is 23.8. The summed E-state index contributed by atoms with van der Waals surface area (Å²) in [7, 11) is 1.34. The lowest BCUT2D eigenvalue weighted by atomic mass is 10.1. The number of oxazole rings is 1. The van der Waals surface area contributed by atoms with Crippen LogP contribution in [0.5, 0.6) is 5.75 Å². The van der Waals surface area contributed by atoms with E-state index in [4.69, 9.17) is 14.9 Å². The highest BCUT2D eigenvalue weighted by atomic mass is 19.4. The van der Waals surface area contributed by atoms with Crippen LogP contribution < -0.4 is 15.8 Å². The first-order chi connectivity index (χ1) is 14.9. The number of nitrogens with two attached hydrogens (primary N) is 1. The molecule has 2 aromatic heterocycles. The number of alkyl halides is 3. The number of carbonyl (C=O) groups is 1. The van der Waals surface area contributed by atoms with E-state index >= 15 is 0 Å². The van der Waals surface area contributed by atoms with E-state index in [1.54, 1.807) is 13.0 Å². The molecule has 1 aromatic carbocycles. The summed E-state index contributed by atoms with van der Waals surface area (Å²) in [6, 6.07) is 4.46. The Balaban J connectivity index is 2.15. The average molecular weight is 450 g/mol. The van der Waals surface area contributed by atoms with Crippen molar-refractivity contribution in [1.29, 1.82) is 0 Å². The van der Waals surface area contributed by atoms with Gasteiger partial charge in [0.25, 0.3) is 5.91 Å². The monoisotopic (exact) mass is 450 g/mol. The van der Waals surface area contributed by atoms with Gasteiger partial charge in [-0.1, -0.05) is 13.8 Å². The maximum atomic E-state index is 13.2. The van der Waals surface area contributed by atoms with Crippen LogP contribution in [-0.4, -0.2) is 29.0 Å². The van der Waals surface area contributed by atoms with E-state index in [1.165, 1.54) is 19.2 Å². The van der Waals surface area contributed by atoms with Crippen LogP contribution in [0, 0.1) is 5.92 Å². The van der Waals surface area contributed by atoms with Crippen molar-refractivity contribution < 1.29 is 27.1 Å². The van der Waals surface area contributed by atoms with Crippen LogP contribution in [-0.2, 0) is 6.18 Å². The molecule has 0 saturated carbocycles. The Morgan fingerprint density at radius 2 is 1.81 bits per heavy atom. The van der Waals surface area contributed by atoms with Crippen molar-refractivity contribution in [3.8, 4) is 17.2 Å². The molecule has 0 saturated heterocycles. The number of fused-ring (bicyclic) bond motifs is 1. The van der Waals surface area contributed by atoms with E-state index in [0.29, 0.717) is 10.9 Å². The molecular formula is C22H25F3N4O3. The van der Waals surface area contributed by atoms with Crippen molar-refractivity contribution >= 4 is 16.8 Å². The summed E-state index contributed by atoms with van der Waals surface area (Å²) in [4.78, 5) is 20.9. The number of aromatic nitrogens is 2. The highest BCUT2D eigenvalue weighted by Crippen LogP contribution is 2.37. The Hall–Kier alpha value is -3.14. The number of halogens is 3. The van der Waals surface area contributed by atoms with Gasteiger partial charge >= 0.3 is 6.18 Å². The number of hydrogen-bond acceptors (Lipinski definition) is 6. The number of nitrogens with one attached hydrogen (secondary N) is 1. The van der Waals surface area contributed by atoms with Gasteiger partial charge in [-0.3, -0.25) is 4.79 Å². The van der Waals surface area contributed by atoms with Crippen LogP contribution in [0.1, 0.15) is 55.7 Å². The summed E-state index contributed by atoms with van der Waals surface area (Å²) in [6.07, 6.45) is -4.61. The molecule has 0 aliphatic carbocycles. The maximum absolute atomic E-state index is 13.2. The van der Waals surface area contributed by atoms with Gasteiger partial charge in [-0.15, -0.1) is 0 Å². The normalized spacial score (nSPS) is 13.9. The van der Waals surface area contributed by atoms with Crippen LogP contribution >= 0.6 is 0 Å². The molecule has 0 aliphatic heterocycles. The minimum atomic E-state index is -4.61. The van der Waals surface area contributed by atoms with E-state index in [2.05, 4.69) is 15.3 Å². The van der Waals surface area contributed by atoms with Gasteiger partial charge in [0, 0.05) is 17.0 Å². The highest BCUT2D eigenvalue weighted by Gasteiger charge is 2.33. The van der Waals surface area contributed by atoms with Gasteiger partial charge in [-0.05, 0) is 44.0 Å². The van der Waals surface area contributed by atoms with Crippen molar-refractivity contribution in [1.82, 2.24) is 15.3 Å². The quantitative estimate of drug-likeness (QED) is 0.564. The van der Waals surface area contributed by atoms with Gasteiger partial charge in [-0.25, -0.2) is 9.97 Å². The summed E-state index contributed by atoms with van der Waals surface area (Å²) in [5, 5.41) is 3.19. The first-order valence-corrected chi connectivity index (χ1v) is 10.1. The van der Waals surface area contributed by atoms with Crippen molar-refractivity contribution in [3.63, 3.8) is 0 Å². The molecule has 0 radical (unpaired) electrons. The van der Waals surface area contributed by atoms with Gasteiger partial charge in [0.15, 0.2) is 11.5 Å². The number of hydrogen-bond donors (Lipinski definition) is 2. The number of methoxy groups -OCH3 is 1. The molecule has 10 heteroatoms. The smallest absolute Gasteiger partial charge is 0.433 e. The Kier molecular flexibility index (Phi) is 6.45. The van der Waals surface area contributed by atoms with E-state index in [-0.39, 0.29) is 40.6 Å². The molecule has 172 valence electrons. The highest BCUT2D eigenvalue weighted by molar-refractivity contribution is 5.98. The minimum Gasteiger partial charge on any atom is -0.494 e. The van der Waals surface area contributed by atoms with Crippen molar-refractivity contribution in [2.75, 3.05) is 7.11 Å². The van der Waals surface area contributed by atoms with Gasteiger partial charge in [-0.2, -0.15) is 13.2 Å². The lowest BCUT2D eigenvalue weighted by molar-refractivity contribution is -0.140. The van der Waals surface area contributed by atoms with Gasteiger partial charge < -0.3 is 20.2 Å². The fraction of sp³-hybridized carbons (Fsp3) is 0.409. The predicted octanol–water partition coefficient (Wildman–Crippen LogP) is 4.71. The molecule has 0 spiro atoms. The Morgan fingerprint density at radius 3 is 2.38 bits per heavy atom. The Labute approximate surface area is 183 Å². The number of benzene rings is 1. The molecular weight excluding hydrogens is 425 g/mol. The number of amides is 1. The lowest BCUT2D eigenvalue weighted by Gasteiger charge is -2.17. The van der Waals surface area contributed by atoms with E-state index in [1.807, 2.05) is 20.8 Å². The number of nitrogens with zero attached hydrogens (tertiary/aromatic N) is 2. The third kappa shape index (κ3) is 4.55. The molecule has 0 aliphatic rings. The van der Waals surface area contributed by atoms with E-state index in [9.17, 15) is 18.0 Å². The van der Waals surface area contributed by atoms with E-state index in [0.717, 1.165) is 6.07 Å². The molecule has 7 nitrogen and oxygen atoms in total. The van der Waals surface area contributed by atoms with Crippen molar-refractivity contribution in [3.05, 3.63) is 41.4 Å². The number of ether oxygens (including phenoxy) is 1. The molecule has 0 unspecified atom stereocenters. The summed E-state index contributed by atoms with van der Waals surface area (Å²) in [6.45, 7) is 7.46. The summed E-state index contributed by atoms with van der Waals surface area (Å²) in [5.74, 6) is 0.149. The second kappa shape index (κ2) is 8.78. The van der Waals surface area contributed by atoms with Crippen LogP contribution in [0.25, 0.3) is 22.4 Å². The van der Waals surface area contributed by atoms with Gasteiger partial charge in [0.2, 0.25) is 5.89 Å². The zero-order valence-corrected chi connectivity index (χ0v) is 18.4. The topological polar surface area (TPSA) is 103 Å². The fourth-order valence-corrected chi connectivity index (χ4v) is 3.06. The summed E-state index contributed by atoms with van der Waals surface area (Å²) in [5.41, 5.74) is 5.33. The molecule has 3 aromatic rings. The SMILES string of the molecule is COc1ccc(-c2nc(C(=O)N[C@@H](C)C(C)C)c([C@H](C)N)o2)c2ccc(C(F)(F)F)nc12. The third-order valence-electron chi connectivity index (χ3n) is 5.20. The largest absolute Gasteiger partial charge is 0.494 e. The second-order valence-electron chi connectivity index (χ2n) is 7.93. The third-order valence-corrected chi connectivity index (χ3v) is 5.20. The average Bonchev–Trinajstić information content (AvgIpc) is 3.17.